The molecule has 0 N–H and O–H groups in total. The zero-order valence-corrected chi connectivity index (χ0v) is 12.8. The van der Waals surface area contributed by atoms with Crippen molar-refractivity contribution in [3.8, 4) is 11.4 Å². The fourth-order valence-corrected chi connectivity index (χ4v) is 2.53. The van der Waals surface area contributed by atoms with Crippen molar-refractivity contribution in [3.05, 3.63) is 70.4 Å². The zero-order chi connectivity index (χ0) is 17.2. The van der Waals surface area contributed by atoms with E-state index in [-0.39, 0.29) is 11.6 Å². The molecule has 9 nitrogen and oxygen atoms in total. The molecule has 1 aromatic carbocycles. The number of benzene rings is 1. The fraction of sp³-hybridized carbons (Fsp3) is 0.125. The summed E-state index contributed by atoms with van der Waals surface area (Å²) in [6, 6.07) is 9.91. The molecule has 0 spiro atoms. The minimum Gasteiger partial charge on any atom is -0.382 e. The first-order chi connectivity index (χ1) is 12.2. The summed E-state index contributed by atoms with van der Waals surface area (Å²) in [5.41, 5.74) is 1.64. The highest BCUT2D eigenvalue weighted by atomic mass is 16.7. The first kappa shape index (κ1) is 14.9. The molecule has 1 aliphatic heterocycles. The van der Waals surface area contributed by atoms with Crippen molar-refractivity contribution in [2.75, 3.05) is 0 Å². The monoisotopic (exact) mass is 337 g/mol. The molecule has 0 bridgehead atoms. The molecule has 2 aromatic heterocycles. The molecule has 3 aromatic rings. The van der Waals surface area contributed by atoms with Crippen molar-refractivity contribution in [1.82, 2.24) is 15.1 Å². The van der Waals surface area contributed by atoms with Crippen molar-refractivity contribution >= 4 is 11.4 Å². The number of pyridine rings is 1. The van der Waals surface area contributed by atoms with E-state index < -0.39 is 11.0 Å². The molecule has 3 heterocycles. The molecule has 0 amide bonds. The molecule has 9 heteroatoms. The minimum atomic E-state index is -0.571. The molecular formula is C16H11N5O4. The number of nitro groups is 1. The number of hydrogen-bond acceptors (Lipinski definition) is 8. The van der Waals surface area contributed by atoms with Gasteiger partial charge in [0.2, 0.25) is 11.9 Å². The van der Waals surface area contributed by atoms with Crippen LogP contribution in [0.3, 0.4) is 0 Å². The minimum absolute atomic E-state index is 0.0199. The maximum atomic E-state index is 11.2. The third kappa shape index (κ3) is 2.82. The maximum Gasteiger partial charge on any atom is 0.278 e. The average Bonchev–Trinajstić information content (AvgIpc) is 3.32. The van der Waals surface area contributed by atoms with Crippen molar-refractivity contribution in [3.63, 3.8) is 0 Å². The molecule has 4 rings (SSSR count). The summed E-state index contributed by atoms with van der Waals surface area (Å²) < 4.78 is 5.25. The lowest BCUT2D eigenvalue weighted by Gasteiger charge is -2.01. The van der Waals surface area contributed by atoms with Crippen molar-refractivity contribution < 1.29 is 14.3 Å². The maximum absolute atomic E-state index is 11.2. The predicted octanol–water partition coefficient (Wildman–Crippen LogP) is 2.91. The van der Waals surface area contributed by atoms with Gasteiger partial charge in [-0.1, -0.05) is 22.4 Å². The number of para-hydroxylation sites is 1. The van der Waals surface area contributed by atoms with Crippen molar-refractivity contribution in [1.29, 1.82) is 0 Å². The second-order valence-electron chi connectivity index (χ2n) is 5.30. The summed E-state index contributed by atoms with van der Waals surface area (Å²) in [6.45, 7) is 0. The largest absolute Gasteiger partial charge is 0.382 e. The Morgan fingerprint density at radius 2 is 1.96 bits per heavy atom. The first-order valence-electron chi connectivity index (χ1n) is 7.43. The number of nitro benzene ring substituents is 1. The van der Waals surface area contributed by atoms with Gasteiger partial charge in [-0.05, 0) is 18.2 Å². The van der Waals surface area contributed by atoms with E-state index in [4.69, 9.17) is 9.36 Å². The van der Waals surface area contributed by atoms with Crippen LogP contribution >= 0.6 is 0 Å². The van der Waals surface area contributed by atoms with Gasteiger partial charge in [-0.2, -0.15) is 4.98 Å². The van der Waals surface area contributed by atoms with Crippen LogP contribution in [0.1, 0.15) is 24.0 Å². The fourth-order valence-electron chi connectivity index (χ4n) is 2.53. The van der Waals surface area contributed by atoms with Gasteiger partial charge in [-0.25, -0.2) is 0 Å². The van der Waals surface area contributed by atoms with Gasteiger partial charge < -0.3 is 9.36 Å². The van der Waals surface area contributed by atoms with Gasteiger partial charge in [-0.15, -0.1) is 0 Å². The molecule has 0 saturated heterocycles. The number of rotatable bonds is 4. The van der Waals surface area contributed by atoms with Crippen LogP contribution in [0.25, 0.3) is 11.4 Å². The Kier molecular flexibility index (Phi) is 3.65. The normalized spacial score (nSPS) is 16.3. The second-order valence-corrected chi connectivity index (χ2v) is 5.30. The van der Waals surface area contributed by atoms with E-state index in [0.717, 1.165) is 5.56 Å². The third-order valence-corrected chi connectivity index (χ3v) is 3.74. The summed E-state index contributed by atoms with van der Waals surface area (Å²) in [4.78, 5) is 24.3. The smallest absolute Gasteiger partial charge is 0.278 e. The van der Waals surface area contributed by atoms with Gasteiger partial charge in [0, 0.05) is 30.4 Å². The summed E-state index contributed by atoms with van der Waals surface area (Å²) in [5, 5.41) is 19.0. The second kappa shape index (κ2) is 6.11. The molecule has 1 atom stereocenters. The molecule has 0 saturated carbocycles. The lowest BCUT2D eigenvalue weighted by Crippen LogP contribution is -2.05. The van der Waals surface area contributed by atoms with Crippen molar-refractivity contribution in [2.24, 2.45) is 5.16 Å². The topological polar surface area (TPSA) is 117 Å². The van der Waals surface area contributed by atoms with Crippen LogP contribution in [0.15, 0.2) is 58.5 Å². The van der Waals surface area contributed by atoms with Crippen LogP contribution in [-0.4, -0.2) is 25.8 Å². The van der Waals surface area contributed by atoms with E-state index in [2.05, 4.69) is 20.3 Å². The Morgan fingerprint density at radius 3 is 2.76 bits per heavy atom. The molecule has 1 aliphatic rings. The van der Waals surface area contributed by atoms with Gasteiger partial charge in [0.15, 0.2) is 0 Å². The summed E-state index contributed by atoms with van der Waals surface area (Å²) in [7, 11) is 0. The van der Waals surface area contributed by atoms with E-state index >= 15 is 0 Å². The molecule has 0 radical (unpaired) electrons. The van der Waals surface area contributed by atoms with E-state index in [1.165, 1.54) is 6.07 Å². The molecule has 0 fully saturated rings. The first-order valence-corrected chi connectivity index (χ1v) is 7.43. The van der Waals surface area contributed by atoms with E-state index in [9.17, 15) is 10.1 Å². The Hall–Kier alpha value is -3.62. The van der Waals surface area contributed by atoms with Crippen molar-refractivity contribution in [2.45, 2.75) is 12.5 Å². The van der Waals surface area contributed by atoms with Gasteiger partial charge in [-0.3, -0.25) is 15.1 Å². The zero-order valence-electron chi connectivity index (χ0n) is 12.8. The summed E-state index contributed by atoms with van der Waals surface area (Å²) >= 11 is 0. The van der Waals surface area contributed by atoms with Gasteiger partial charge >= 0.3 is 0 Å². The lowest BCUT2D eigenvalue weighted by atomic mass is 10.0. The third-order valence-electron chi connectivity index (χ3n) is 3.74. The lowest BCUT2D eigenvalue weighted by molar-refractivity contribution is -0.385. The molecule has 0 unspecified atom stereocenters. The molecular weight excluding hydrogens is 326 g/mol. The molecule has 25 heavy (non-hydrogen) atoms. The van der Waals surface area contributed by atoms with Crippen LogP contribution in [0.5, 0.6) is 0 Å². The highest BCUT2D eigenvalue weighted by Gasteiger charge is 2.32. The Balaban J connectivity index is 1.55. The Morgan fingerprint density at radius 1 is 1.16 bits per heavy atom. The quantitative estimate of drug-likeness (QED) is 0.530. The van der Waals surface area contributed by atoms with Crippen LogP contribution < -0.4 is 0 Å². The highest BCUT2D eigenvalue weighted by Crippen LogP contribution is 2.32. The molecule has 124 valence electrons. The van der Waals surface area contributed by atoms with Crippen LogP contribution in [0.2, 0.25) is 0 Å². The van der Waals surface area contributed by atoms with E-state index in [0.29, 0.717) is 23.5 Å². The van der Waals surface area contributed by atoms with Gasteiger partial charge in [0.1, 0.15) is 0 Å². The number of nitrogens with zero attached hydrogens (tertiary/aromatic N) is 5. The van der Waals surface area contributed by atoms with E-state index in [1.54, 1.807) is 42.7 Å². The SMILES string of the molecule is O=[N+]([O-])c1ccccc1C1=NO[C@H](c2nc(-c3ccncc3)no2)C1. The Labute approximate surface area is 141 Å². The number of oxime groups is 1. The van der Waals surface area contributed by atoms with E-state index in [1.807, 2.05) is 0 Å². The summed E-state index contributed by atoms with van der Waals surface area (Å²) in [6.07, 6.45) is 3.00. The number of aromatic nitrogens is 3. The predicted molar refractivity (Wildman–Crippen MR) is 85.6 cm³/mol. The summed E-state index contributed by atoms with van der Waals surface area (Å²) in [5.74, 6) is 0.685. The number of hydrogen-bond donors (Lipinski definition) is 0. The van der Waals surface area contributed by atoms with Crippen LogP contribution in [0, 0.1) is 10.1 Å². The molecule has 0 aliphatic carbocycles. The van der Waals surface area contributed by atoms with Gasteiger partial charge in [0.05, 0.1) is 16.2 Å². The van der Waals surface area contributed by atoms with Crippen LogP contribution in [-0.2, 0) is 4.84 Å². The highest BCUT2D eigenvalue weighted by molar-refractivity contribution is 6.04. The Bertz CT molecular complexity index is 954. The van der Waals surface area contributed by atoms with Gasteiger partial charge in [0.25, 0.3) is 11.6 Å². The standard InChI is InChI=1S/C16H11N5O4/c22-21(23)13-4-2-1-3-11(13)12-9-14(24-19-12)16-18-15(20-25-16)10-5-7-17-8-6-10/h1-8,14H,9H2/t14-/m0/s1. The van der Waals surface area contributed by atoms with Crippen LogP contribution in [0.4, 0.5) is 5.69 Å². The average molecular weight is 337 g/mol.